The Labute approximate surface area is 160 Å². The SMILES string of the molecule is CC(=O)Nc1ccc(NS(=O)(=O)c2ccc(OC(F)(F)F)cc2)c(C(F)(F)F)c1. The number of rotatable bonds is 5. The van der Waals surface area contributed by atoms with Gasteiger partial charge in [0.15, 0.2) is 0 Å². The Kier molecular flexibility index (Phi) is 6.02. The number of amides is 1. The molecular weight excluding hydrogens is 430 g/mol. The molecule has 0 radical (unpaired) electrons. The highest BCUT2D eigenvalue weighted by atomic mass is 32.2. The normalized spacial score (nSPS) is 12.4. The third-order valence-corrected chi connectivity index (χ3v) is 4.64. The zero-order valence-electron chi connectivity index (χ0n) is 14.4. The van der Waals surface area contributed by atoms with Gasteiger partial charge in [0.25, 0.3) is 10.0 Å². The molecule has 0 aliphatic rings. The van der Waals surface area contributed by atoms with E-state index in [1.165, 1.54) is 0 Å². The summed E-state index contributed by atoms with van der Waals surface area (Å²) in [6, 6.07) is 5.27. The maximum Gasteiger partial charge on any atom is 0.573 e. The third kappa shape index (κ3) is 6.27. The predicted molar refractivity (Wildman–Crippen MR) is 89.7 cm³/mol. The zero-order chi connectivity index (χ0) is 22.0. The van der Waals surface area contributed by atoms with Gasteiger partial charge in [0.05, 0.1) is 16.1 Å². The van der Waals surface area contributed by atoms with Crippen LogP contribution in [0.2, 0.25) is 0 Å². The number of ether oxygens (including phenoxy) is 1. The number of hydrogen-bond acceptors (Lipinski definition) is 4. The topological polar surface area (TPSA) is 84.5 Å². The van der Waals surface area contributed by atoms with E-state index in [1.807, 2.05) is 0 Å². The van der Waals surface area contributed by atoms with Crippen molar-refractivity contribution in [1.82, 2.24) is 0 Å². The van der Waals surface area contributed by atoms with Crippen LogP contribution in [0.3, 0.4) is 0 Å². The molecule has 0 saturated heterocycles. The number of hydrogen-bond donors (Lipinski definition) is 2. The van der Waals surface area contributed by atoms with Crippen molar-refractivity contribution in [1.29, 1.82) is 0 Å². The molecule has 0 heterocycles. The Balaban J connectivity index is 2.35. The van der Waals surface area contributed by atoms with Crippen LogP contribution < -0.4 is 14.8 Å². The first-order chi connectivity index (χ1) is 13.2. The molecule has 158 valence electrons. The van der Waals surface area contributed by atoms with Gasteiger partial charge in [-0.05, 0) is 42.5 Å². The van der Waals surface area contributed by atoms with Crippen LogP contribution in [0.15, 0.2) is 47.4 Å². The second kappa shape index (κ2) is 7.81. The van der Waals surface area contributed by atoms with Crippen molar-refractivity contribution in [3.05, 3.63) is 48.0 Å². The fraction of sp³-hybridized carbons (Fsp3) is 0.188. The number of sulfonamides is 1. The number of halogens is 6. The fourth-order valence-corrected chi connectivity index (χ4v) is 3.25. The first kappa shape index (κ1) is 22.3. The molecule has 0 bridgehead atoms. The minimum Gasteiger partial charge on any atom is -0.406 e. The van der Waals surface area contributed by atoms with Crippen molar-refractivity contribution in [2.24, 2.45) is 0 Å². The van der Waals surface area contributed by atoms with Gasteiger partial charge in [0, 0.05) is 12.6 Å². The summed E-state index contributed by atoms with van der Waals surface area (Å²) in [6.45, 7) is 1.08. The lowest BCUT2D eigenvalue weighted by molar-refractivity contribution is -0.274. The summed E-state index contributed by atoms with van der Waals surface area (Å²) in [4.78, 5) is 10.4. The molecule has 2 aromatic carbocycles. The Bertz CT molecular complexity index is 1000. The van der Waals surface area contributed by atoms with Crippen LogP contribution in [0.4, 0.5) is 37.7 Å². The summed E-state index contributed by atoms with van der Waals surface area (Å²) >= 11 is 0. The first-order valence-corrected chi connectivity index (χ1v) is 9.03. The van der Waals surface area contributed by atoms with Crippen LogP contribution in [0.1, 0.15) is 12.5 Å². The zero-order valence-corrected chi connectivity index (χ0v) is 15.2. The highest BCUT2D eigenvalue weighted by Crippen LogP contribution is 2.37. The third-order valence-electron chi connectivity index (χ3n) is 3.26. The summed E-state index contributed by atoms with van der Waals surface area (Å²) in [6.07, 6.45) is -9.95. The largest absolute Gasteiger partial charge is 0.573 e. The minimum atomic E-state index is -4.99. The van der Waals surface area contributed by atoms with E-state index in [1.54, 1.807) is 4.72 Å². The number of benzene rings is 2. The van der Waals surface area contributed by atoms with Crippen LogP contribution in [-0.2, 0) is 21.0 Å². The van der Waals surface area contributed by atoms with Crippen LogP contribution >= 0.6 is 0 Å². The van der Waals surface area contributed by atoms with Crippen molar-refractivity contribution in [3.63, 3.8) is 0 Å². The first-order valence-electron chi connectivity index (χ1n) is 7.55. The molecule has 2 N–H and O–H groups in total. The van der Waals surface area contributed by atoms with E-state index < -0.39 is 50.4 Å². The highest BCUT2D eigenvalue weighted by molar-refractivity contribution is 7.92. The quantitative estimate of drug-likeness (QED) is 0.674. The van der Waals surface area contributed by atoms with Gasteiger partial charge in [-0.15, -0.1) is 13.2 Å². The van der Waals surface area contributed by atoms with Crippen molar-refractivity contribution >= 4 is 27.3 Å². The van der Waals surface area contributed by atoms with E-state index in [2.05, 4.69) is 10.1 Å². The van der Waals surface area contributed by atoms with Gasteiger partial charge in [-0.2, -0.15) is 13.2 Å². The predicted octanol–water partition coefficient (Wildman–Crippen LogP) is 4.36. The molecule has 2 rings (SSSR count). The highest BCUT2D eigenvalue weighted by Gasteiger charge is 2.35. The monoisotopic (exact) mass is 442 g/mol. The number of anilines is 2. The average Bonchev–Trinajstić information content (AvgIpc) is 2.53. The number of alkyl halides is 6. The maximum atomic E-state index is 13.3. The molecule has 6 nitrogen and oxygen atoms in total. The standard InChI is InChI=1S/C16H12F6N2O4S/c1-9(25)23-10-2-7-14(13(8-10)15(17,18)19)24-29(26,27)12-5-3-11(4-6-12)28-16(20,21)22/h2-8,24H,1H3,(H,23,25). The van der Waals surface area contributed by atoms with Gasteiger partial charge in [-0.25, -0.2) is 8.42 Å². The van der Waals surface area contributed by atoms with Crippen LogP contribution in [0.25, 0.3) is 0 Å². The summed E-state index contributed by atoms with van der Waals surface area (Å²) in [5.74, 6) is -1.33. The van der Waals surface area contributed by atoms with Crippen LogP contribution in [0.5, 0.6) is 5.75 Å². The van der Waals surface area contributed by atoms with Crippen molar-refractivity contribution in [3.8, 4) is 5.75 Å². The van der Waals surface area contributed by atoms with Gasteiger partial charge in [-0.1, -0.05) is 0 Å². The van der Waals surface area contributed by atoms with E-state index in [0.717, 1.165) is 31.2 Å². The van der Waals surface area contributed by atoms with Gasteiger partial charge in [-0.3, -0.25) is 9.52 Å². The second-order valence-corrected chi connectivity index (χ2v) is 7.25. The smallest absolute Gasteiger partial charge is 0.406 e. The van der Waals surface area contributed by atoms with Gasteiger partial charge >= 0.3 is 12.5 Å². The molecule has 1 amide bonds. The van der Waals surface area contributed by atoms with Crippen molar-refractivity contribution < 1.29 is 44.3 Å². The van der Waals surface area contributed by atoms with Crippen molar-refractivity contribution in [2.75, 3.05) is 10.0 Å². The van der Waals surface area contributed by atoms with E-state index in [4.69, 9.17) is 0 Å². The lowest BCUT2D eigenvalue weighted by Crippen LogP contribution is -2.19. The molecule has 13 heteroatoms. The molecule has 2 aromatic rings. The van der Waals surface area contributed by atoms with E-state index in [0.29, 0.717) is 18.2 Å². The summed E-state index contributed by atoms with van der Waals surface area (Å²) in [5.41, 5.74) is -2.41. The fourth-order valence-electron chi connectivity index (χ4n) is 2.17. The summed E-state index contributed by atoms with van der Waals surface area (Å²) in [7, 11) is -4.57. The maximum absolute atomic E-state index is 13.3. The Morgan fingerprint density at radius 3 is 2.03 bits per heavy atom. The Morgan fingerprint density at radius 2 is 1.55 bits per heavy atom. The molecule has 0 fully saturated rings. The molecular formula is C16H12F6N2O4S. The molecule has 0 aliphatic carbocycles. The molecule has 0 spiro atoms. The van der Waals surface area contributed by atoms with Crippen LogP contribution in [-0.4, -0.2) is 20.7 Å². The number of nitrogens with one attached hydrogen (secondary N) is 2. The molecule has 29 heavy (non-hydrogen) atoms. The van der Waals surface area contributed by atoms with Gasteiger partial charge in [0.1, 0.15) is 5.75 Å². The van der Waals surface area contributed by atoms with Crippen molar-refractivity contribution in [2.45, 2.75) is 24.4 Å². The van der Waals surface area contributed by atoms with E-state index >= 15 is 0 Å². The lowest BCUT2D eigenvalue weighted by atomic mass is 10.1. The molecule has 0 unspecified atom stereocenters. The molecule has 0 saturated carbocycles. The lowest BCUT2D eigenvalue weighted by Gasteiger charge is -2.16. The molecule has 0 aromatic heterocycles. The number of carbonyl (C=O) groups excluding carboxylic acids is 1. The summed E-state index contributed by atoms with van der Waals surface area (Å²) in [5, 5.41) is 2.14. The van der Waals surface area contributed by atoms with Crippen LogP contribution in [0, 0.1) is 0 Å². The van der Waals surface area contributed by atoms with E-state index in [9.17, 15) is 39.6 Å². The molecule has 0 aliphatic heterocycles. The second-order valence-electron chi connectivity index (χ2n) is 5.56. The van der Waals surface area contributed by atoms with Gasteiger partial charge < -0.3 is 10.1 Å². The molecule has 0 atom stereocenters. The Hall–Kier alpha value is -2.96. The summed E-state index contributed by atoms with van der Waals surface area (Å²) < 4.78 is 106. The number of carbonyl (C=O) groups is 1. The van der Waals surface area contributed by atoms with E-state index in [-0.39, 0.29) is 5.69 Å². The minimum absolute atomic E-state index is 0.207. The average molecular weight is 442 g/mol. The van der Waals surface area contributed by atoms with Gasteiger partial charge in [0.2, 0.25) is 5.91 Å². The Morgan fingerprint density at radius 1 is 0.966 bits per heavy atom.